The second-order valence-electron chi connectivity index (χ2n) is 9.55. The Hall–Kier alpha value is -2.41. The highest BCUT2D eigenvalue weighted by Crippen LogP contribution is 2.58. The zero-order valence-electron chi connectivity index (χ0n) is 22.1. The van der Waals surface area contributed by atoms with Crippen LogP contribution in [0, 0.1) is 0 Å². The van der Waals surface area contributed by atoms with E-state index in [2.05, 4.69) is 122 Å². The number of ether oxygens (including phenoxy) is 1. The van der Waals surface area contributed by atoms with Gasteiger partial charge >= 0.3 is 0 Å². The SMILES string of the molecule is CCCCCCCCCOc1ccccc1C[P+](c1ccccc1)(c1ccccc1)c1ccccc1.[Br-]. The highest BCUT2D eigenvalue weighted by Gasteiger charge is 2.45. The first kappa shape index (κ1) is 29.2. The van der Waals surface area contributed by atoms with E-state index in [-0.39, 0.29) is 17.0 Å². The predicted octanol–water partition coefficient (Wildman–Crippen LogP) is 5.31. The van der Waals surface area contributed by atoms with Gasteiger partial charge < -0.3 is 21.7 Å². The summed E-state index contributed by atoms with van der Waals surface area (Å²) in [5.74, 6) is 1.04. The first-order valence-electron chi connectivity index (χ1n) is 13.6. The van der Waals surface area contributed by atoms with Gasteiger partial charge in [-0.1, -0.05) is 118 Å². The third kappa shape index (κ3) is 7.79. The summed E-state index contributed by atoms with van der Waals surface area (Å²) in [6, 6.07) is 42.0. The van der Waals surface area contributed by atoms with Crippen LogP contribution in [0.25, 0.3) is 0 Å². The van der Waals surface area contributed by atoms with Crippen LogP contribution >= 0.6 is 7.26 Å². The molecule has 4 aromatic carbocycles. The molecule has 0 N–H and O–H groups in total. The van der Waals surface area contributed by atoms with Gasteiger partial charge in [-0.05, 0) is 48.9 Å². The fourth-order valence-corrected chi connectivity index (χ4v) is 9.30. The van der Waals surface area contributed by atoms with Crippen molar-refractivity contribution in [2.24, 2.45) is 0 Å². The first-order chi connectivity index (χ1) is 17.8. The molecule has 3 heteroatoms. The average molecular weight is 576 g/mol. The van der Waals surface area contributed by atoms with E-state index in [9.17, 15) is 0 Å². The lowest BCUT2D eigenvalue weighted by atomic mass is 10.1. The molecule has 0 radical (unpaired) electrons. The second-order valence-corrected chi connectivity index (χ2v) is 13.0. The molecular weight excluding hydrogens is 535 g/mol. The molecule has 0 amide bonds. The minimum absolute atomic E-state index is 0. The van der Waals surface area contributed by atoms with Crippen molar-refractivity contribution >= 4 is 23.2 Å². The van der Waals surface area contributed by atoms with Gasteiger partial charge in [0.15, 0.2) is 0 Å². The Balaban J connectivity index is 0.00000380. The topological polar surface area (TPSA) is 9.23 Å². The van der Waals surface area contributed by atoms with E-state index >= 15 is 0 Å². The van der Waals surface area contributed by atoms with Gasteiger partial charge in [-0.2, -0.15) is 0 Å². The number of hydrogen-bond acceptors (Lipinski definition) is 1. The number of unbranched alkanes of at least 4 members (excludes halogenated alkanes) is 6. The van der Waals surface area contributed by atoms with E-state index in [1.165, 1.54) is 60.0 Å². The van der Waals surface area contributed by atoms with Crippen molar-refractivity contribution in [1.29, 1.82) is 0 Å². The highest BCUT2D eigenvalue weighted by atomic mass is 79.9. The molecule has 0 atom stereocenters. The lowest BCUT2D eigenvalue weighted by Gasteiger charge is -2.28. The van der Waals surface area contributed by atoms with Crippen LogP contribution in [0.2, 0.25) is 0 Å². The number of hydrogen-bond donors (Lipinski definition) is 0. The molecule has 0 saturated carbocycles. The van der Waals surface area contributed by atoms with Gasteiger partial charge in [0.1, 0.15) is 35.1 Å². The predicted molar refractivity (Wildman–Crippen MR) is 159 cm³/mol. The molecule has 0 aliphatic carbocycles. The van der Waals surface area contributed by atoms with Gasteiger partial charge in [-0.25, -0.2) is 0 Å². The van der Waals surface area contributed by atoms with Crippen molar-refractivity contribution in [1.82, 2.24) is 0 Å². The normalized spacial score (nSPS) is 11.1. The molecule has 0 heterocycles. The maximum Gasteiger partial charge on any atom is 0.126 e. The molecule has 4 aromatic rings. The number of rotatable bonds is 14. The second kappa shape index (κ2) is 15.8. The standard InChI is InChI=1S/C34H40OP.BrH/c1-2-3-4-5-6-7-19-28-35-34-27-18-17-20-30(34)29-36(31-21-11-8-12-22-31,32-23-13-9-14-24-32)33-25-15-10-16-26-33;/h8-18,20-27H,2-7,19,28-29H2,1H3;1H/q+1;/p-1. The molecule has 0 aromatic heterocycles. The summed E-state index contributed by atoms with van der Waals surface area (Å²) in [6.07, 6.45) is 10.0. The Bertz CT molecular complexity index is 1050. The van der Waals surface area contributed by atoms with E-state index < -0.39 is 7.26 Å². The summed E-state index contributed by atoms with van der Waals surface area (Å²) in [6.45, 7) is 3.06. The average Bonchev–Trinajstić information content (AvgIpc) is 2.95. The van der Waals surface area contributed by atoms with Crippen LogP contribution in [0.1, 0.15) is 57.4 Å². The Kier molecular flexibility index (Phi) is 12.4. The minimum Gasteiger partial charge on any atom is -1.00 e. The first-order valence-corrected chi connectivity index (χ1v) is 15.6. The summed E-state index contributed by atoms with van der Waals surface area (Å²) in [4.78, 5) is 0. The van der Waals surface area contributed by atoms with Crippen LogP contribution in [0.3, 0.4) is 0 Å². The van der Waals surface area contributed by atoms with Gasteiger partial charge in [-0.3, -0.25) is 0 Å². The van der Waals surface area contributed by atoms with Crippen molar-refractivity contribution in [3.05, 3.63) is 121 Å². The van der Waals surface area contributed by atoms with Gasteiger partial charge in [0.25, 0.3) is 0 Å². The summed E-state index contributed by atoms with van der Waals surface area (Å²) >= 11 is 0. The molecule has 0 bridgehead atoms. The van der Waals surface area contributed by atoms with Crippen LogP contribution in [0.5, 0.6) is 5.75 Å². The molecule has 0 aliphatic heterocycles. The van der Waals surface area contributed by atoms with E-state index in [4.69, 9.17) is 4.74 Å². The van der Waals surface area contributed by atoms with Crippen LogP contribution in [0.15, 0.2) is 115 Å². The van der Waals surface area contributed by atoms with Crippen molar-refractivity contribution < 1.29 is 21.7 Å². The Labute approximate surface area is 235 Å². The molecule has 4 rings (SSSR count). The molecule has 0 aliphatic rings. The smallest absolute Gasteiger partial charge is 0.126 e. The molecular formula is C34H40BrOP. The van der Waals surface area contributed by atoms with Gasteiger partial charge in [0.05, 0.1) is 6.61 Å². The highest BCUT2D eigenvalue weighted by molar-refractivity contribution is 7.95. The zero-order chi connectivity index (χ0) is 24.9. The molecule has 0 unspecified atom stereocenters. The van der Waals surface area contributed by atoms with Crippen molar-refractivity contribution in [3.8, 4) is 5.75 Å². The summed E-state index contributed by atoms with van der Waals surface area (Å²) in [5, 5.41) is 4.22. The zero-order valence-corrected chi connectivity index (χ0v) is 24.5. The lowest BCUT2D eigenvalue weighted by Crippen LogP contribution is -3.00. The third-order valence-electron chi connectivity index (χ3n) is 6.98. The van der Waals surface area contributed by atoms with E-state index in [0.717, 1.165) is 24.9 Å². The fraction of sp³-hybridized carbons (Fsp3) is 0.294. The molecule has 1 nitrogen and oxygen atoms in total. The summed E-state index contributed by atoms with van der Waals surface area (Å²) in [5.41, 5.74) is 1.30. The Morgan fingerprint density at radius 2 is 0.946 bits per heavy atom. The van der Waals surface area contributed by atoms with Crippen molar-refractivity contribution in [2.75, 3.05) is 6.61 Å². The minimum atomic E-state index is -1.94. The molecule has 194 valence electrons. The van der Waals surface area contributed by atoms with Crippen LogP contribution in [-0.2, 0) is 6.16 Å². The summed E-state index contributed by atoms with van der Waals surface area (Å²) in [7, 11) is -1.94. The van der Waals surface area contributed by atoms with E-state index in [1.54, 1.807) is 0 Å². The monoisotopic (exact) mass is 574 g/mol. The van der Waals surface area contributed by atoms with Gasteiger partial charge in [0.2, 0.25) is 0 Å². The van der Waals surface area contributed by atoms with Crippen LogP contribution in [0.4, 0.5) is 0 Å². The third-order valence-corrected chi connectivity index (χ3v) is 11.3. The number of para-hydroxylation sites is 1. The quantitative estimate of drug-likeness (QED) is 0.146. The fourth-order valence-electron chi connectivity index (χ4n) is 5.04. The molecule has 0 fully saturated rings. The van der Waals surface area contributed by atoms with Gasteiger partial charge in [0, 0.05) is 5.56 Å². The van der Waals surface area contributed by atoms with Gasteiger partial charge in [-0.15, -0.1) is 0 Å². The molecule has 0 saturated heterocycles. The maximum absolute atomic E-state index is 6.44. The van der Waals surface area contributed by atoms with Crippen LogP contribution in [-0.4, -0.2) is 6.61 Å². The van der Waals surface area contributed by atoms with E-state index in [1.807, 2.05) is 0 Å². The van der Waals surface area contributed by atoms with E-state index in [0.29, 0.717) is 0 Å². The maximum atomic E-state index is 6.44. The van der Waals surface area contributed by atoms with Crippen molar-refractivity contribution in [3.63, 3.8) is 0 Å². The Morgan fingerprint density at radius 3 is 1.46 bits per heavy atom. The van der Waals surface area contributed by atoms with Crippen molar-refractivity contribution in [2.45, 2.75) is 58.0 Å². The van der Waals surface area contributed by atoms with Crippen LogP contribution < -0.4 is 37.6 Å². The number of halogens is 1. The summed E-state index contributed by atoms with van der Waals surface area (Å²) < 4.78 is 6.44. The molecule has 37 heavy (non-hydrogen) atoms. The Morgan fingerprint density at radius 1 is 0.514 bits per heavy atom. The molecule has 0 spiro atoms. The largest absolute Gasteiger partial charge is 1.00 e. The number of benzene rings is 4. The lowest BCUT2D eigenvalue weighted by molar-refractivity contribution is -0.00000766.